The first-order chi connectivity index (χ1) is 14.5. The summed E-state index contributed by atoms with van der Waals surface area (Å²) in [4.78, 5) is 0. The smallest absolute Gasteiger partial charge is 0.203 e. The van der Waals surface area contributed by atoms with Crippen LogP contribution >= 0.6 is 0 Å². The maximum Gasteiger partial charge on any atom is 0.203 e. The minimum absolute atomic E-state index is 0.228. The summed E-state index contributed by atoms with van der Waals surface area (Å²) in [5.74, 6) is 7.50. The van der Waals surface area contributed by atoms with Gasteiger partial charge in [0, 0.05) is 11.1 Å². The fraction of sp³-hybridized carbons (Fsp3) is 0.130. The Hall–Kier alpha value is -3.84. The van der Waals surface area contributed by atoms with Crippen molar-refractivity contribution < 1.29 is 19.3 Å². The van der Waals surface area contributed by atoms with Gasteiger partial charge in [-0.25, -0.2) is 0 Å². The summed E-state index contributed by atoms with van der Waals surface area (Å²) < 4.78 is 16.2. The number of nitrogens with two attached hydrogens (primary N) is 2. The Morgan fingerprint density at radius 3 is 1.70 bits per heavy atom. The zero-order valence-corrected chi connectivity index (χ0v) is 17.1. The summed E-state index contributed by atoms with van der Waals surface area (Å²) in [6.45, 7) is 0. The van der Waals surface area contributed by atoms with Gasteiger partial charge in [-0.1, -0.05) is 36.4 Å². The lowest BCUT2D eigenvalue weighted by Gasteiger charge is -2.17. The van der Waals surface area contributed by atoms with Crippen LogP contribution in [-0.2, 0) is 0 Å². The van der Waals surface area contributed by atoms with Crippen LogP contribution in [0.5, 0.6) is 23.0 Å². The molecule has 0 saturated carbocycles. The van der Waals surface area contributed by atoms with E-state index in [-0.39, 0.29) is 5.75 Å². The first kappa shape index (κ1) is 20.9. The monoisotopic (exact) mass is 407 g/mol. The highest BCUT2D eigenvalue weighted by Gasteiger charge is 2.16. The molecular weight excluding hydrogens is 382 g/mol. The highest BCUT2D eigenvalue weighted by atomic mass is 16.5. The van der Waals surface area contributed by atoms with Crippen LogP contribution in [-0.4, -0.2) is 26.4 Å². The molecule has 0 spiro atoms. The summed E-state index contributed by atoms with van der Waals surface area (Å²) in [5.41, 5.74) is 13.6. The molecule has 30 heavy (non-hydrogen) atoms. The minimum Gasteiger partial charge on any atom is -0.508 e. The van der Waals surface area contributed by atoms with Gasteiger partial charge in [0.1, 0.15) is 5.75 Å². The molecule has 0 heterocycles. The Kier molecular flexibility index (Phi) is 6.34. The SMILES string of the molecule is COc1cc(/C(N)=C(/NN)c2ccc(-c3ccc(O)cc3)cc2)cc(OC)c1OC. The third-order valence-electron chi connectivity index (χ3n) is 4.76. The number of phenolic OH excluding ortho intramolecular Hbond substituents is 1. The fourth-order valence-electron chi connectivity index (χ4n) is 3.18. The van der Waals surface area contributed by atoms with Crippen molar-refractivity contribution in [3.05, 3.63) is 71.8 Å². The zero-order chi connectivity index (χ0) is 21.7. The molecule has 0 aliphatic carbocycles. The lowest BCUT2D eigenvalue weighted by atomic mass is 10.0. The predicted molar refractivity (Wildman–Crippen MR) is 118 cm³/mol. The molecule has 0 aliphatic rings. The maximum atomic E-state index is 9.46. The van der Waals surface area contributed by atoms with E-state index in [0.29, 0.717) is 34.2 Å². The minimum atomic E-state index is 0.228. The third kappa shape index (κ3) is 4.11. The van der Waals surface area contributed by atoms with Gasteiger partial charge in [0.15, 0.2) is 11.5 Å². The largest absolute Gasteiger partial charge is 0.508 e. The van der Waals surface area contributed by atoms with E-state index < -0.39 is 0 Å². The molecule has 0 unspecified atom stereocenters. The van der Waals surface area contributed by atoms with Gasteiger partial charge in [0.25, 0.3) is 0 Å². The van der Waals surface area contributed by atoms with Crippen LogP contribution in [0.1, 0.15) is 11.1 Å². The van der Waals surface area contributed by atoms with E-state index in [9.17, 15) is 5.11 Å². The van der Waals surface area contributed by atoms with E-state index >= 15 is 0 Å². The molecular formula is C23H25N3O4. The molecule has 156 valence electrons. The van der Waals surface area contributed by atoms with Gasteiger partial charge in [0.2, 0.25) is 5.75 Å². The molecule has 0 amide bonds. The van der Waals surface area contributed by atoms with E-state index in [1.807, 2.05) is 36.4 Å². The van der Waals surface area contributed by atoms with Crippen molar-refractivity contribution in [3.8, 4) is 34.1 Å². The predicted octanol–water partition coefficient (Wildman–Crippen LogP) is 3.33. The third-order valence-corrected chi connectivity index (χ3v) is 4.76. The van der Waals surface area contributed by atoms with E-state index in [1.165, 1.54) is 0 Å². The zero-order valence-electron chi connectivity index (χ0n) is 17.1. The molecule has 3 rings (SSSR count). The molecule has 0 radical (unpaired) electrons. The van der Waals surface area contributed by atoms with Gasteiger partial charge < -0.3 is 30.5 Å². The van der Waals surface area contributed by atoms with Gasteiger partial charge in [-0.15, -0.1) is 0 Å². The van der Waals surface area contributed by atoms with Crippen LogP contribution in [0.2, 0.25) is 0 Å². The first-order valence-corrected chi connectivity index (χ1v) is 9.19. The number of nitrogens with one attached hydrogen (secondary N) is 1. The molecule has 0 bridgehead atoms. The maximum absolute atomic E-state index is 9.46. The highest BCUT2D eigenvalue weighted by molar-refractivity contribution is 5.89. The average Bonchev–Trinajstić information content (AvgIpc) is 2.79. The van der Waals surface area contributed by atoms with Crippen LogP contribution in [0, 0.1) is 0 Å². The van der Waals surface area contributed by atoms with Crippen LogP contribution < -0.4 is 31.2 Å². The highest BCUT2D eigenvalue weighted by Crippen LogP contribution is 2.40. The Balaban J connectivity index is 2.02. The standard InChI is InChI=1S/C23H25N3O4/c1-28-19-12-17(13-20(29-2)23(19)30-3)21(24)22(26-25)16-6-4-14(5-7-16)15-8-10-18(27)11-9-15/h4-13,26-27H,24-25H2,1-3H3/b22-21-. The summed E-state index contributed by atoms with van der Waals surface area (Å²) in [6, 6.07) is 18.3. The molecule has 7 heteroatoms. The average molecular weight is 407 g/mol. The Bertz CT molecular complexity index is 1020. The molecule has 6 N–H and O–H groups in total. The van der Waals surface area contributed by atoms with E-state index in [0.717, 1.165) is 16.7 Å². The molecule has 3 aromatic carbocycles. The Morgan fingerprint density at radius 1 is 0.767 bits per heavy atom. The van der Waals surface area contributed by atoms with Crippen molar-refractivity contribution >= 4 is 11.4 Å². The van der Waals surface area contributed by atoms with Crippen LogP contribution in [0.4, 0.5) is 0 Å². The van der Waals surface area contributed by atoms with Gasteiger partial charge in [-0.2, -0.15) is 0 Å². The van der Waals surface area contributed by atoms with Crippen molar-refractivity contribution in [1.29, 1.82) is 0 Å². The lowest BCUT2D eigenvalue weighted by molar-refractivity contribution is 0.324. The fourth-order valence-corrected chi connectivity index (χ4v) is 3.18. The van der Waals surface area contributed by atoms with Crippen LogP contribution in [0.15, 0.2) is 60.7 Å². The molecule has 7 nitrogen and oxygen atoms in total. The van der Waals surface area contributed by atoms with Crippen molar-refractivity contribution in [2.75, 3.05) is 21.3 Å². The van der Waals surface area contributed by atoms with E-state index in [2.05, 4.69) is 5.43 Å². The lowest BCUT2D eigenvalue weighted by Crippen LogP contribution is -2.23. The number of benzene rings is 3. The number of aromatic hydroxyl groups is 1. The van der Waals surface area contributed by atoms with Gasteiger partial charge >= 0.3 is 0 Å². The molecule has 3 aromatic rings. The van der Waals surface area contributed by atoms with Crippen molar-refractivity contribution in [2.24, 2.45) is 11.6 Å². The number of hydrazine groups is 1. The normalized spacial score (nSPS) is 11.5. The number of rotatable bonds is 7. The van der Waals surface area contributed by atoms with Crippen molar-refractivity contribution in [1.82, 2.24) is 5.43 Å². The quantitative estimate of drug-likeness (QED) is 0.270. The van der Waals surface area contributed by atoms with Crippen molar-refractivity contribution in [2.45, 2.75) is 0 Å². The number of hydrogen-bond acceptors (Lipinski definition) is 7. The summed E-state index contributed by atoms with van der Waals surface area (Å²) in [5, 5.41) is 9.46. The van der Waals surface area contributed by atoms with E-state index in [4.69, 9.17) is 25.8 Å². The number of hydrogen-bond donors (Lipinski definition) is 4. The van der Waals surface area contributed by atoms with E-state index in [1.54, 1.807) is 45.6 Å². The topological polar surface area (TPSA) is 112 Å². The second-order valence-corrected chi connectivity index (χ2v) is 6.47. The molecule has 0 saturated heterocycles. The summed E-state index contributed by atoms with van der Waals surface area (Å²) in [7, 11) is 4.64. The number of ether oxygens (including phenoxy) is 3. The second-order valence-electron chi connectivity index (χ2n) is 6.47. The van der Waals surface area contributed by atoms with Gasteiger partial charge in [-0.05, 0) is 35.4 Å². The molecule has 0 aliphatic heterocycles. The molecule has 0 fully saturated rings. The number of methoxy groups -OCH3 is 3. The summed E-state index contributed by atoms with van der Waals surface area (Å²) in [6.07, 6.45) is 0. The Morgan fingerprint density at radius 2 is 1.27 bits per heavy atom. The van der Waals surface area contributed by atoms with Crippen LogP contribution in [0.3, 0.4) is 0 Å². The second kappa shape index (κ2) is 9.11. The first-order valence-electron chi connectivity index (χ1n) is 9.19. The summed E-state index contributed by atoms with van der Waals surface area (Å²) >= 11 is 0. The van der Waals surface area contributed by atoms with Crippen LogP contribution in [0.25, 0.3) is 22.5 Å². The Labute approximate surface area is 175 Å². The van der Waals surface area contributed by atoms with Crippen molar-refractivity contribution in [3.63, 3.8) is 0 Å². The van der Waals surface area contributed by atoms with Gasteiger partial charge in [0.05, 0.1) is 32.7 Å². The number of phenols is 1. The molecule has 0 atom stereocenters. The van der Waals surface area contributed by atoms with Gasteiger partial charge in [-0.3, -0.25) is 5.84 Å². The molecule has 0 aromatic heterocycles.